The fourth-order valence-corrected chi connectivity index (χ4v) is 3.82. The lowest BCUT2D eigenvalue weighted by molar-refractivity contribution is -0.119. The standard InChI is InChI=1S/C18H17BrN2O2/c1-18(2)7-13(22)16-14(8-18)23-17(21)11(9-20)15(16)10-5-3-4-6-12(10)19/h3-6,15H,7-8,21H2,1-2H3/t15-/m1/s1. The van der Waals surface area contributed by atoms with Gasteiger partial charge >= 0.3 is 0 Å². The van der Waals surface area contributed by atoms with Crippen molar-refractivity contribution < 1.29 is 9.53 Å². The van der Waals surface area contributed by atoms with Crippen molar-refractivity contribution in [1.82, 2.24) is 0 Å². The highest BCUT2D eigenvalue weighted by Crippen LogP contribution is 2.48. The van der Waals surface area contributed by atoms with Crippen LogP contribution in [0.3, 0.4) is 0 Å². The minimum Gasteiger partial charge on any atom is -0.444 e. The third kappa shape index (κ3) is 2.68. The first-order valence-electron chi connectivity index (χ1n) is 7.42. The van der Waals surface area contributed by atoms with E-state index in [1.165, 1.54) is 0 Å². The normalized spacial score (nSPS) is 23.2. The number of ketones is 1. The summed E-state index contributed by atoms with van der Waals surface area (Å²) >= 11 is 3.52. The van der Waals surface area contributed by atoms with Crippen LogP contribution < -0.4 is 5.73 Å². The van der Waals surface area contributed by atoms with Crippen LogP contribution in [-0.2, 0) is 9.53 Å². The number of rotatable bonds is 1. The van der Waals surface area contributed by atoms with Crippen molar-refractivity contribution in [2.45, 2.75) is 32.6 Å². The summed E-state index contributed by atoms with van der Waals surface area (Å²) in [5, 5.41) is 9.55. The predicted octanol–water partition coefficient (Wildman–Crippen LogP) is 3.90. The molecular weight excluding hydrogens is 356 g/mol. The van der Waals surface area contributed by atoms with Gasteiger partial charge in [-0.1, -0.05) is 48.0 Å². The lowest BCUT2D eigenvalue weighted by Gasteiger charge is -2.37. The highest BCUT2D eigenvalue weighted by atomic mass is 79.9. The van der Waals surface area contributed by atoms with Crippen molar-refractivity contribution in [3.63, 3.8) is 0 Å². The quantitative estimate of drug-likeness (QED) is 0.810. The van der Waals surface area contributed by atoms with E-state index in [0.717, 1.165) is 10.0 Å². The fraction of sp³-hybridized carbons (Fsp3) is 0.333. The van der Waals surface area contributed by atoms with E-state index in [9.17, 15) is 10.1 Å². The second kappa shape index (κ2) is 5.54. The van der Waals surface area contributed by atoms with Crippen LogP contribution in [0, 0.1) is 16.7 Å². The Labute approximate surface area is 143 Å². The maximum Gasteiger partial charge on any atom is 0.205 e. The molecule has 0 fully saturated rings. The summed E-state index contributed by atoms with van der Waals surface area (Å²) in [6.45, 7) is 4.07. The monoisotopic (exact) mass is 372 g/mol. The van der Waals surface area contributed by atoms with E-state index in [0.29, 0.717) is 29.7 Å². The molecule has 0 unspecified atom stereocenters. The number of allylic oxidation sites excluding steroid dienone is 3. The lowest BCUT2D eigenvalue weighted by atomic mass is 9.70. The number of carbonyl (C=O) groups excluding carboxylic acids is 1. The van der Waals surface area contributed by atoms with Crippen LogP contribution in [-0.4, -0.2) is 5.78 Å². The molecule has 23 heavy (non-hydrogen) atoms. The smallest absolute Gasteiger partial charge is 0.205 e. The third-order valence-electron chi connectivity index (χ3n) is 4.29. The molecule has 0 spiro atoms. The van der Waals surface area contributed by atoms with Crippen LogP contribution in [0.1, 0.15) is 38.2 Å². The Bertz CT molecular complexity index is 799. The van der Waals surface area contributed by atoms with E-state index >= 15 is 0 Å². The molecule has 1 aromatic rings. The lowest BCUT2D eigenvalue weighted by Crippen LogP contribution is -2.33. The zero-order valence-corrected chi connectivity index (χ0v) is 14.6. The number of halogens is 1. The molecule has 0 aromatic heterocycles. The molecule has 1 aliphatic heterocycles. The van der Waals surface area contributed by atoms with Crippen LogP contribution in [0.2, 0.25) is 0 Å². The summed E-state index contributed by atoms with van der Waals surface area (Å²) in [6, 6.07) is 9.71. The maximum atomic E-state index is 12.8. The number of ether oxygens (including phenoxy) is 1. The van der Waals surface area contributed by atoms with Crippen molar-refractivity contribution in [1.29, 1.82) is 5.26 Å². The van der Waals surface area contributed by atoms with Gasteiger partial charge in [0.2, 0.25) is 5.88 Å². The molecule has 0 bridgehead atoms. The van der Waals surface area contributed by atoms with Gasteiger partial charge in [0.05, 0.1) is 5.92 Å². The van der Waals surface area contributed by atoms with Gasteiger partial charge in [-0.2, -0.15) is 5.26 Å². The molecule has 1 atom stereocenters. The molecule has 4 nitrogen and oxygen atoms in total. The summed E-state index contributed by atoms with van der Waals surface area (Å²) in [7, 11) is 0. The first-order chi connectivity index (χ1) is 10.8. The van der Waals surface area contributed by atoms with Gasteiger partial charge in [0, 0.05) is 22.9 Å². The minimum atomic E-state index is -0.470. The Kier molecular flexibility index (Phi) is 3.81. The van der Waals surface area contributed by atoms with Crippen LogP contribution in [0.4, 0.5) is 0 Å². The largest absolute Gasteiger partial charge is 0.444 e. The first-order valence-corrected chi connectivity index (χ1v) is 8.21. The highest BCUT2D eigenvalue weighted by Gasteiger charge is 2.43. The van der Waals surface area contributed by atoms with E-state index in [4.69, 9.17) is 10.5 Å². The Morgan fingerprint density at radius 1 is 1.35 bits per heavy atom. The zero-order valence-electron chi connectivity index (χ0n) is 13.0. The summed E-state index contributed by atoms with van der Waals surface area (Å²) < 4.78 is 6.51. The minimum absolute atomic E-state index is 0.0252. The molecule has 0 saturated heterocycles. The number of hydrogen-bond acceptors (Lipinski definition) is 4. The third-order valence-corrected chi connectivity index (χ3v) is 5.01. The van der Waals surface area contributed by atoms with Gasteiger partial charge in [0.15, 0.2) is 5.78 Å². The van der Waals surface area contributed by atoms with Crippen LogP contribution >= 0.6 is 15.9 Å². The zero-order chi connectivity index (χ0) is 16.8. The SMILES string of the molecule is CC1(C)CC(=O)C2=C(C1)OC(N)=C(C#N)[C@H]2c1ccccc1Br. The summed E-state index contributed by atoms with van der Waals surface area (Å²) in [6.07, 6.45) is 1.07. The number of benzene rings is 1. The van der Waals surface area contributed by atoms with Crippen molar-refractivity contribution in [3.05, 3.63) is 57.1 Å². The summed E-state index contributed by atoms with van der Waals surface area (Å²) in [4.78, 5) is 12.8. The number of hydrogen-bond donors (Lipinski definition) is 1. The first kappa shape index (κ1) is 15.8. The molecule has 1 aliphatic carbocycles. The maximum absolute atomic E-state index is 12.8. The molecule has 2 aliphatic rings. The molecule has 118 valence electrons. The van der Waals surface area contributed by atoms with Crippen molar-refractivity contribution in [2.24, 2.45) is 11.1 Å². The molecule has 5 heteroatoms. The molecule has 0 saturated carbocycles. The molecule has 2 N–H and O–H groups in total. The van der Waals surface area contributed by atoms with Crippen LogP contribution in [0.15, 0.2) is 51.5 Å². The molecule has 1 aromatic carbocycles. The number of nitrogens with two attached hydrogens (primary N) is 1. The molecule has 0 amide bonds. The fourth-order valence-electron chi connectivity index (χ4n) is 3.30. The second-order valence-electron chi connectivity index (χ2n) is 6.72. The van der Waals surface area contributed by atoms with E-state index < -0.39 is 5.92 Å². The van der Waals surface area contributed by atoms with Crippen LogP contribution in [0.25, 0.3) is 0 Å². The van der Waals surface area contributed by atoms with Gasteiger partial charge in [-0.15, -0.1) is 0 Å². The van der Waals surface area contributed by atoms with Crippen LogP contribution in [0.5, 0.6) is 0 Å². The van der Waals surface area contributed by atoms with E-state index in [-0.39, 0.29) is 17.1 Å². The second-order valence-corrected chi connectivity index (χ2v) is 7.58. The van der Waals surface area contributed by atoms with E-state index in [2.05, 4.69) is 22.0 Å². The van der Waals surface area contributed by atoms with Crippen molar-refractivity contribution >= 4 is 21.7 Å². The van der Waals surface area contributed by atoms with Crippen molar-refractivity contribution in [2.75, 3.05) is 0 Å². The molecule has 1 heterocycles. The Balaban J connectivity index is 2.22. The topological polar surface area (TPSA) is 76.1 Å². The predicted molar refractivity (Wildman–Crippen MR) is 89.8 cm³/mol. The Morgan fingerprint density at radius 2 is 2.04 bits per heavy atom. The molecule has 3 rings (SSSR count). The highest BCUT2D eigenvalue weighted by molar-refractivity contribution is 9.10. The summed E-state index contributed by atoms with van der Waals surface area (Å²) in [5.41, 5.74) is 7.54. The molecular formula is C18H17BrN2O2. The summed E-state index contributed by atoms with van der Waals surface area (Å²) in [5.74, 6) is 0.251. The van der Waals surface area contributed by atoms with E-state index in [1.54, 1.807) is 0 Å². The Hall–Kier alpha value is -2.06. The van der Waals surface area contributed by atoms with Gasteiger partial charge in [0.25, 0.3) is 0 Å². The van der Waals surface area contributed by atoms with Gasteiger partial charge in [-0.05, 0) is 17.0 Å². The average Bonchev–Trinajstić information content (AvgIpc) is 2.45. The van der Waals surface area contributed by atoms with Gasteiger partial charge < -0.3 is 10.5 Å². The van der Waals surface area contributed by atoms with Gasteiger partial charge in [-0.3, -0.25) is 4.79 Å². The number of carbonyl (C=O) groups is 1. The average molecular weight is 373 g/mol. The Morgan fingerprint density at radius 3 is 2.70 bits per heavy atom. The number of nitriles is 1. The van der Waals surface area contributed by atoms with Crippen molar-refractivity contribution in [3.8, 4) is 6.07 Å². The van der Waals surface area contributed by atoms with Gasteiger partial charge in [-0.25, -0.2) is 0 Å². The van der Waals surface area contributed by atoms with Gasteiger partial charge in [0.1, 0.15) is 17.4 Å². The number of nitrogens with zero attached hydrogens (tertiary/aromatic N) is 1. The number of Topliss-reactive ketones (excluding diaryl/α,β-unsaturated/α-hetero) is 1. The molecule has 0 radical (unpaired) electrons. The van der Waals surface area contributed by atoms with E-state index in [1.807, 2.05) is 38.1 Å².